The van der Waals surface area contributed by atoms with E-state index in [0.717, 1.165) is 16.1 Å². The van der Waals surface area contributed by atoms with Crippen molar-refractivity contribution in [1.29, 1.82) is 0 Å². The lowest BCUT2D eigenvalue weighted by molar-refractivity contribution is -0.131. The summed E-state index contributed by atoms with van der Waals surface area (Å²) in [7, 11) is 0. The fraction of sp³-hybridized carbons (Fsp3) is 0.100. The van der Waals surface area contributed by atoms with Crippen LogP contribution in [0.15, 0.2) is 40.9 Å². The maximum atomic E-state index is 10.4. The van der Waals surface area contributed by atoms with Gasteiger partial charge in [-0.05, 0) is 17.7 Å². The van der Waals surface area contributed by atoms with E-state index >= 15 is 0 Å². The third-order valence-corrected chi connectivity index (χ3v) is 3.74. The zero-order chi connectivity index (χ0) is 11.5. The third kappa shape index (κ3) is 3.74. The predicted octanol–water partition coefficient (Wildman–Crippen LogP) is 4.03. The van der Waals surface area contributed by atoms with Crippen molar-refractivity contribution in [3.63, 3.8) is 0 Å². The van der Waals surface area contributed by atoms with E-state index in [2.05, 4.69) is 47.8 Å². The normalized spacial score (nSPS) is 11.9. The number of hydrogen-bond donors (Lipinski definition) is 1. The van der Waals surface area contributed by atoms with Crippen molar-refractivity contribution in [3.8, 4) is 0 Å². The van der Waals surface area contributed by atoms with E-state index in [9.17, 15) is 4.79 Å². The third-order valence-electron chi connectivity index (χ3n) is 1.67. The summed E-state index contributed by atoms with van der Waals surface area (Å²) in [5.41, 5.74) is 0.905. The number of alkyl halides is 2. The number of benzene rings is 1. The molecule has 1 aromatic rings. The van der Waals surface area contributed by atoms with E-state index in [4.69, 9.17) is 5.11 Å². The van der Waals surface area contributed by atoms with Gasteiger partial charge in [0, 0.05) is 10.5 Å². The Balaban J connectivity index is 3.06. The second kappa shape index (κ2) is 5.27. The Labute approximate surface area is 113 Å². The molecule has 0 heterocycles. The molecule has 5 heteroatoms. The second-order valence-corrected chi connectivity index (χ2v) is 7.19. The lowest BCUT2D eigenvalue weighted by atomic mass is 10.1. The summed E-state index contributed by atoms with van der Waals surface area (Å²) in [5, 5.41) is 8.55. The van der Waals surface area contributed by atoms with Crippen molar-refractivity contribution >= 4 is 53.8 Å². The molecule has 0 bridgehead atoms. The van der Waals surface area contributed by atoms with Crippen molar-refractivity contribution in [2.75, 3.05) is 0 Å². The van der Waals surface area contributed by atoms with E-state index in [1.165, 1.54) is 6.08 Å². The van der Waals surface area contributed by atoms with E-state index < -0.39 is 9.20 Å². The van der Waals surface area contributed by atoms with Crippen molar-refractivity contribution in [1.82, 2.24) is 0 Å². The first-order valence-electron chi connectivity index (χ1n) is 3.98. The summed E-state index contributed by atoms with van der Waals surface area (Å²) in [5.74, 6) is -0.981. The SMILES string of the molecule is O=C(O)C=CC(Br)(Br)c1ccccc1Br. The highest BCUT2D eigenvalue weighted by molar-refractivity contribution is 9.25. The van der Waals surface area contributed by atoms with Crippen LogP contribution in [0.5, 0.6) is 0 Å². The van der Waals surface area contributed by atoms with Crippen LogP contribution in [-0.4, -0.2) is 11.1 Å². The van der Waals surface area contributed by atoms with Gasteiger partial charge in [0.15, 0.2) is 0 Å². The molecule has 0 unspecified atom stereocenters. The van der Waals surface area contributed by atoms with Crippen LogP contribution in [0.3, 0.4) is 0 Å². The summed E-state index contributed by atoms with van der Waals surface area (Å²) in [6.07, 6.45) is 2.61. The zero-order valence-electron chi connectivity index (χ0n) is 7.45. The molecular formula is C10H7Br3O2. The first-order valence-corrected chi connectivity index (χ1v) is 6.36. The summed E-state index contributed by atoms with van der Waals surface area (Å²) in [4.78, 5) is 10.4. The molecule has 0 fully saturated rings. The Morgan fingerprint density at radius 2 is 1.93 bits per heavy atom. The number of aliphatic carboxylic acids is 1. The minimum atomic E-state index is -0.981. The number of hydrogen-bond acceptors (Lipinski definition) is 1. The Morgan fingerprint density at radius 3 is 2.47 bits per heavy atom. The van der Waals surface area contributed by atoms with Gasteiger partial charge in [0.1, 0.15) is 3.23 Å². The average Bonchev–Trinajstić information content (AvgIpc) is 2.15. The first kappa shape index (κ1) is 12.9. The summed E-state index contributed by atoms with van der Waals surface area (Å²) in [6, 6.07) is 7.55. The van der Waals surface area contributed by atoms with E-state index in [0.29, 0.717) is 0 Å². The van der Waals surface area contributed by atoms with Crippen LogP contribution >= 0.6 is 47.8 Å². The van der Waals surface area contributed by atoms with Gasteiger partial charge in [0.25, 0.3) is 0 Å². The van der Waals surface area contributed by atoms with Crippen molar-refractivity contribution < 1.29 is 9.90 Å². The van der Waals surface area contributed by atoms with Crippen LogP contribution < -0.4 is 0 Å². The molecule has 15 heavy (non-hydrogen) atoms. The maximum Gasteiger partial charge on any atom is 0.328 e. The number of rotatable bonds is 3. The van der Waals surface area contributed by atoms with Crippen LogP contribution in [-0.2, 0) is 8.03 Å². The summed E-state index contributed by atoms with van der Waals surface area (Å²) in [6.45, 7) is 0. The minimum absolute atomic E-state index is 0.668. The molecule has 0 amide bonds. The van der Waals surface area contributed by atoms with Crippen molar-refractivity contribution in [2.45, 2.75) is 3.23 Å². The highest BCUT2D eigenvalue weighted by Gasteiger charge is 2.24. The monoisotopic (exact) mass is 396 g/mol. The minimum Gasteiger partial charge on any atom is -0.478 e. The van der Waals surface area contributed by atoms with Gasteiger partial charge in [-0.2, -0.15) is 0 Å². The fourth-order valence-electron chi connectivity index (χ4n) is 0.997. The Morgan fingerprint density at radius 1 is 1.33 bits per heavy atom. The van der Waals surface area contributed by atoms with Crippen LogP contribution in [0.25, 0.3) is 0 Å². The molecule has 0 aliphatic carbocycles. The predicted molar refractivity (Wildman–Crippen MR) is 70.4 cm³/mol. The summed E-state index contributed by atoms with van der Waals surface area (Å²) < 4.78 is 0.229. The van der Waals surface area contributed by atoms with Gasteiger partial charge >= 0.3 is 5.97 Å². The van der Waals surface area contributed by atoms with Gasteiger partial charge in [0.2, 0.25) is 0 Å². The molecule has 0 aliphatic heterocycles. The van der Waals surface area contributed by atoms with Crippen LogP contribution in [0.1, 0.15) is 5.56 Å². The number of carbonyl (C=O) groups is 1. The number of halogens is 3. The lowest BCUT2D eigenvalue weighted by Gasteiger charge is -2.17. The average molecular weight is 399 g/mol. The van der Waals surface area contributed by atoms with Gasteiger partial charge in [-0.25, -0.2) is 4.79 Å². The summed E-state index contributed by atoms with van der Waals surface area (Å²) >= 11 is 10.2. The first-order chi connectivity index (χ1) is 6.93. The molecule has 0 atom stereocenters. The number of carboxylic acids is 1. The van der Waals surface area contributed by atoms with Crippen LogP contribution in [0.2, 0.25) is 0 Å². The van der Waals surface area contributed by atoms with Crippen LogP contribution in [0, 0.1) is 0 Å². The zero-order valence-corrected chi connectivity index (χ0v) is 12.2. The van der Waals surface area contributed by atoms with Crippen molar-refractivity contribution in [2.24, 2.45) is 0 Å². The molecule has 1 aromatic carbocycles. The highest BCUT2D eigenvalue weighted by atomic mass is 79.9. The molecule has 1 N–H and O–H groups in total. The molecule has 0 saturated carbocycles. The van der Waals surface area contributed by atoms with Gasteiger partial charge in [-0.15, -0.1) is 0 Å². The molecular weight excluding hydrogens is 392 g/mol. The highest BCUT2D eigenvalue weighted by Crippen LogP contribution is 2.42. The molecule has 1 rings (SSSR count). The van der Waals surface area contributed by atoms with Gasteiger partial charge < -0.3 is 5.11 Å². The lowest BCUT2D eigenvalue weighted by Crippen LogP contribution is -2.06. The number of allylic oxidation sites excluding steroid dienone is 1. The molecule has 80 valence electrons. The topological polar surface area (TPSA) is 37.3 Å². The molecule has 2 nitrogen and oxygen atoms in total. The van der Waals surface area contributed by atoms with E-state index in [-0.39, 0.29) is 0 Å². The number of carboxylic acid groups (broad SMARTS) is 1. The molecule has 0 spiro atoms. The smallest absolute Gasteiger partial charge is 0.328 e. The van der Waals surface area contributed by atoms with Crippen molar-refractivity contribution in [3.05, 3.63) is 46.5 Å². The molecule has 0 saturated heterocycles. The Bertz CT molecular complexity index is 399. The quantitative estimate of drug-likeness (QED) is 0.616. The fourth-order valence-corrected chi connectivity index (χ4v) is 3.08. The Kier molecular flexibility index (Phi) is 4.55. The standard InChI is InChI=1S/C10H7Br3O2/c11-8-4-2-1-3-7(8)10(12,13)6-5-9(14)15/h1-6H,(H,14,15). The van der Waals surface area contributed by atoms with Crippen LogP contribution in [0.4, 0.5) is 0 Å². The molecule has 0 radical (unpaired) electrons. The largest absolute Gasteiger partial charge is 0.478 e. The molecule has 0 aromatic heterocycles. The molecule has 0 aliphatic rings. The Hall–Kier alpha value is -0.130. The van der Waals surface area contributed by atoms with Gasteiger partial charge in [0.05, 0.1) is 0 Å². The maximum absolute atomic E-state index is 10.4. The van der Waals surface area contributed by atoms with E-state index in [1.807, 2.05) is 24.3 Å². The van der Waals surface area contributed by atoms with Gasteiger partial charge in [-0.3, -0.25) is 0 Å². The second-order valence-electron chi connectivity index (χ2n) is 2.77. The van der Waals surface area contributed by atoms with E-state index in [1.54, 1.807) is 0 Å². The van der Waals surface area contributed by atoms with Gasteiger partial charge in [-0.1, -0.05) is 66.0 Å².